The minimum atomic E-state index is -0.0843. The smallest absolute Gasteiger partial charge is 0.186 e. The fraction of sp³-hybridized carbons (Fsp3) is 0.100. The third kappa shape index (κ3) is 4.19. The van der Waals surface area contributed by atoms with Crippen LogP contribution in [0.1, 0.15) is 6.92 Å². The lowest BCUT2D eigenvalue weighted by atomic mass is 10.1. The van der Waals surface area contributed by atoms with Crippen molar-refractivity contribution in [3.8, 4) is 5.75 Å². The first kappa shape index (κ1) is 17.0. The number of Topliss-reactive ketones (excluding diaryl/α,β-unsaturated/α-hetero) is 1. The number of hydrazone groups is 1. The second kappa shape index (κ2) is 7.85. The van der Waals surface area contributed by atoms with E-state index in [1.165, 1.54) is 18.7 Å². The maximum atomic E-state index is 12.0. The van der Waals surface area contributed by atoms with Gasteiger partial charge in [-0.25, -0.2) is 0 Å². The van der Waals surface area contributed by atoms with E-state index in [0.717, 1.165) is 27.1 Å². The van der Waals surface area contributed by atoms with Crippen LogP contribution in [0, 0.1) is 0 Å². The fourth-order valence-corrected chi connectivity index (χ4v) is 3.23. The summed E-state index contributed by atoms with van der Waals surface area (Å²) in [5.41, 5.74) is 3.73. The van der Waals surface area contributed by atoms with Crippen molar-refractivity contribution in [2.24, 2.45) is 5.10 Å². The Labute approximate surface area is 150 Å². The second-order valence-electron chi connectivity index (χ2n) is 5.39. The van der Waals surface area contributed by atoms with E-state index in [1.54, 1.807) is 7.11 Å². The van der Waals surface area contributed by atoms with Crippen LogP contribution < -0.4 is 10.2 Å². The zero-order chi connectivity index (χ0) is 17.6. The van der Waals surface area contributed by atoms with E-state index in [-0.39, 0.29) is 5.78 Å². The van der Waals surface area contributed by atoms with Gasteiger partial charge in [-0.3, -0.25) is 10.2 Å². The van der Waals surface area contributed by atoms with Crippen molar-refractivity contribution in [1.29, 1.82) is 0 Å². The van der Waals surface area contributed by atoms with E-state index in [4.69, 9.17) is 4.74 Å². The molecule has 3 rings (SSSR count). The zero-order valence-electron chi connectivity index (χ0n) is 14.0. The highest BCUT2D eigenvalue weighted by molar-refractivity contribution is 8.15. The minimum Gasteiger partial charge on any atom is -0.497 e. The van der Waals surface area contributed by atoms with Crippen LogP contribution in [0.3, 0.4) is 0 Å². The van der Waals surface area contributed by atoms with Gasteiger partial charge >= 0.3 is 0 Å². The van der Waals surface area contributed by atoms with E-state index < -0.39 is 0 Å². The maximum absolute atomic E-state index is 12.0. The summed E-state index contributed by atoms with van der Waals surface area (Å²) >= 11 is 1.37. The van der Waals surface area contributed by atoms with Gasteiger partial charge in [0.05, 0.1) is 12.8 Å². The average molecular weight is 350 g/mol. The van der Waals surface area contributed by atoms with Crippen LogP contribution in [0.25, 0.3) is 10.8 Å². The number of ether oxygens (including phenoxy) is 1. The monoisotopic (exact) mass is 350 g/mol. The summed E-state index contributed by atoms with van der Waals surface area (Å²) in [7, 11) is 1.62. The van der Waals surface area contributed by atoms with Crippen LogP contribution >= 0.6 is 11.8 Å². The van der Waals surface area contributed by atoms with E-state index in [2.05, 4.69) is 22.7 Å². The lowest BCUT2D eigenvalue weighted by Gasteiger charge is -2.08. The van der Waals surface area contributed by atoms with Crippen LogP contribution in [0.2, 0.25) is 0 Å². The number of carbonyl (C=O) groups excluding carboxylic acids is 1. The van der Waals surface area contributed by atoms with Gasteiger partial charge in [0.25, 0.3) is 0 Å². The molecule has 0 atom stereocenters. The standard InChI is InChI=1S/C20H18N2O2S/c1-14(23)20(22-21-16-10-12-17(24-2)13-11-16)25-19-9-5-7-15-6-3-4-8-18(15)19/h3-13,21H,1-2H3/b22-20+. The SMILES string of the molecule is COc1ccc(N/N=C(/Sc2cccc3ccccc23)C(C)=O)cc1. The van der Waals surface area contributed by atoms with Gasteiger partial charge in [-0.1, -0.05) is 48.2 Å². The van der Waals surface area contributed by atoms with Crippen molar-refractivity contribution in [2.45, 2.75) is 11.8 Å². The third-order valence-electron chi connectivity index (χ3n) is 3.63. The van der Waals surface area contributed by atoms with E-state index in [9.17, 15) is 4.79 Å². The molecule has 0 unspecified atom stereocenters. The number of rotatable bonds is 5. The van der Waals surface area contributed by atoms with Gasteiger partial charge < -0.3 is 4.74 Å². The summed E-state index contributed by atoms with van der Waals surface area (Å²) in [5, 5.41) is 6.94. The van der Waals surface area contributed by atoms with E-state index >= 15 is 0 Å². The molecule has 0 spiro atoms. The number of hydrogen-bond donors (Lipinski definition) is 1. The molecule has 0 aliphatic heterocycles. The summed E-state index contributed by atoms with van der Waals surface area (Å²) in [4.78, 5) is 13.0. The molecule has 0 bridgehead atoms. The summed E-state index contributed by atoms with van der Waals surface area (Å²) in [6.45, 7) is 1.52. The first-order valence-corrected chi connectivity index (χ1v) is 8.63. The summed E-state index contributed by atoms with van der Waals surface area (Å²) in [6, 6.07) is 21.5. The molecule has 4 nitrogen and oxygen atoms in total. The van der Waals surface area contributed by atoms with Crippen molar-refractivity contribution >= 4 is 39.0 Å². The van der Waals surface area contributed by atoms with Gasteiger partial charge in [-0.15, -0.1) is 0 Å². The van der Waals surface area contributed by atoms with Gasteiger partial charge in [0.2, 0.25) is 0 Å². The molecule has 1 N–H and O–H groups in total. The lowest BCUT2D eigenvalue weighted by molar-refractivity contribution is -0.110. The van der Waals surface area contributed by atoms with Crippen molar-refractivity contribution in [1.82, 2.24) is 0 Å². The highest BCUT2D eigenvalue weighted by atomic mass is 32.2. The molecular formula is C20H18N2O2S. The number of benzene rings is 3. The summed E-state index contributed by atoms with van der Waals surface area (Å²) < 4.78 is 5.13. The number of carbonyl (C=O) groups is 1. The summed E-state index contributed by atoms with van der Waals surface area (Å²) in [6.07, 6.45) is 0. The number of fused-ring (bicyclic) bond motifs is 1. The molecule has 0 aliphatic rings. The molecule has 0 aromatic heterocycles. The third-order valence-corrected chi connectivity index (χ3v) is 4.78. The molecule has 3 aromatic rings. The van der Waals surface area contributed by atoms with Crippen LogP contribution in [-0.4, -0.2) is 17.9 Å². The molecule has 0 heterocycles. The average Bonchev–Trinajstić information content (AvgIpc) is 2.65. The van der Waals surface area contributed by atoms with E-state index in [1.807, 2.05) is 54.6 Å². The van der Waals surface area contributed by atoms with Gasteiger partial charge in [0, 0.05) is 11.8 Å². The first-order valence-electron chi connectivity index (χ1n) is 7.81. The van der Waals surface area contributed by atoms with Crippen molar-refractivity contribution in [2.75, 3.05) is 12.5 Å². The Balaban J connectivity index is 1.84. The van der Waals surface area contributed by atoms with Crippen molar-refractivity contribution < 1.29 is 9.53 Å². The Hall–Kier alpha value is -2.79. The number of ketones is 1. The number of methoxy groups -OCH3 is 1. The van der Waals surface area contributed by atoms with Crippen LogP contribution in [0.4, 0.5) is 5.69 Å². The summed E-state index contributed by atoms with van der Waals surface area (Å²) in [5.74, 6) is 0.686. The molecule has 0 aliphatic carbocycles. The number of nitrogens with zero attached hydrogens (tertiary/aromatic N) is 1. The predicted octanol–water partition coefficient (Wildman–Crippen LogP) is 4.96. The lowest BCUT2D eigenvalue weighted by Crippen LogP contribution is -2.08. The highest BCUT2D eigenvalue weighted by Gasteiger charge is 2.11. The molecular weight excluding hydrogens is 332 g/mol. The van der Waals surface area contributed by atoms with Crippen molar-refractivity contribution in [3.63, 3.8) is 0 Å². The molecule has 126 valence electrons. The quantitative estimate of drug-likeness (QED) is 0.306. The highest BCUT2D eigenvalue weighted by Crippen LogP contribution is 2.29. The molecule has 0 saturated carbocycles. The number of thioether (sulfide) groups is 1. The number of hydrogen-bond acceptors (Lipinski definition) is 5. The van der Waals surface area contributed by atoms with Crippen LogP contribution in [0.5, 0.6) is 5.75 Å². The van der Waals surface area contributed by atoms with Crippen LogP contribution in [0.15, 0.2) is 76.7 Å². The Bertz CT molecular complexity index is 915. The first-order chi connectivity index (χ1) is 12.2. The Morgan fingerprint density at radius 2 is 1.72 bits per heavy atom. The molecule has 3 aromatic carbocycles. The largest absolute Gasteiger partial charge is 0.497 e. The number of nitrogens with one attached hydrogen (secondary N) is 1. The predicted molar refractivity (Wildman–Crippen MR) is 105 cm³/mol. The topological polar surface area (TPSA) is 50.7 Å². The van der Waals surface area contributed by atoms with Gasteiger partial charge in [-0.05, 0) is 41.1 Å². The molecule has 0 amide bonds. The Kier molecular flexibility index (Phi) is 5.36. The molecule has 0 radical (unpaired) electrons. The molecule has 5 heteroatoms. The minimum absolute atomic E-state index is 0.0843. The second-order valence-corrected chi connectivity index (χ2v) is 6.42. The van der Waals surface area contributed by atoms with Crippen LogP contribution in [-0.2, 0) is 4.79 Å². The Morgan fingerprint density at radius 1 is 1.00 bits per heavy atom. The van der Waals surface area contributed by atoms with Gasteiger partial charge in [0.15, 0.2) is 10.8 Å². The van der Waals surface area contributed by atoms with Gasteiger partial charge in [0.1, 0.15) is 5.75 Å². The molecule has 25 heavy (non-hydrogen) atoms. The number of anilines is 1. The molecule has 0 fully saturated rings. The zero-order valence-corrected chi connectivity index (χ0v) is 14.8. The van der Waals surface area contributed by atoms with Crippen molar-refractivity contribution in [3.05, 3.63) is 66.7 Å². The molecule has 0 saturated heterocycles. The maximum Gasteiger partial charge on any atom is 0.186 e. The normalized spacial score (nSPS) is 11.4. The van der Waals surface area contributed by atoms with Gasteiger partial charge in [-0.2, -0.15) is 5.10 Å². The Morgan fingerprint density at radius 3 is 2.44 bits per heavy atom. The van der Waals surface area contributed by atoms with E-state index in [0.29, 0.717) is 5.04 Å². The fourth-order valence-electron chi connectivity index (χ4n) is 2.34.